The van der Waals surface area contributed by atoms with Crippen molar-refractivity contribution in [3.8, 4) is 0 Å². The summed E-state index contributed by atoms with van der Waals surface area (Å²) in [6, 6.07) is 0. The predicted octanol–water partition coefficient (Wildman–Crippen LogP) is -1.01. The van der Waals surface area contributed by atoms with E-state index in [1.165, 1.54) is 0 Å². The van der Waals surface area contributed by atoms with Gasteiger partial charge in [-0.15, -0.1) is 0 Å². The van der Waals surface area contributed by atoms with Crippen LogP contribution in [0.3, 0.4) is 0 Å². The molecule has 5 saturated carbocycles. The van der Waals surface area contributed by atoms with E-state index in [1.54, 1.807) is 0 Å². The highest BCUT2D eigenvalue weighted by Gasteiger charge is 2.81. The Morgan fingerprint density at radius 2 is 1.35 bits per heavy atom. The third-order valence-electron chi connectivity index (χ3n) is 17.3. The largest absolute Gasteiger partial charge is 0.394 e. The van der Waals surface area contributed by atoms with Crippen LogP contribution in [0.4, 0.5) is 0 Å². The fraction of sp³-hybridized carbons (Fsp3) is 1.00. The maximum absolute atomic E-state index is 12.1. The summed E-state index contributed by atoms with van der Waals surface area (Å²) < 4.78 is 38.1. The van der Waals surface area contributed by atoms with Gasteiger partial charge in [0.1, 0.15) is 48.8 Å². The van der Waals surface area contributed by atoms with Gasteiger partial charge in [-0.3, -0.25) is 0 Å². The van der Waals surface area contributed by atoms with Gasteiger partial charge < -0.3 is 74.4 Å². The molecule has 15 heteroatoms. The monoisotopic (exact) mass is 770 g/mol. The number of hydrogen-bond donors (Lipinski definition) is 9. The zero-order valence-corrected chi connectivity index (χ0v) is 31.7. The van der Waals surface area contributed by atoms with Gasteiger partial charge in [-0.25, -0.2) is 0 Å². The van der Waals surface area contributed by atoms with Crippen molar-refractivity contribution < 1.29 is 74.4 Å². The number of fused-ring (bicyclic) bond motifs is 6. The molecule has 5 aliphatic carbocycles. The molecule has 308 valence electrons. The van der Waals surface area contributed by atoms with Crippen molar-refractivity contribution in [2.45, 2.75) is 164 Å². The molecule has 9 aliphatic rings. The summed E-state index contributed by atoms with van der Waals surface area (Å²) in [5, 5.41) is 94.8. The lowest BCUT2D eigenvalue weighted by molar-refractivity contribution is -0.344. The molecule has 15 nitrogen and oxygen atoms in total. The molecule has 0 amide bonds. The van der Waals surface area contributed by atoms with Crippen molar-refractivity contribution in [1.82, 2.24) is 0 Å². The lowest BCUT2D eigenvalue weighted by Gasteiger charge is -2.62. The first-order valence-corrected chi connectivity index (χ1v) is 20.5. The normalized spacial score (nSPS) is 63.2. The Bertz CT molecular complexity index is 1420. The minimum Gasteiger partial charge on any atom is -0.394 e. The summed E-state index contributed by atoms with van der Waals surface area (Å²) in [4.78, 5) is 0. The van der Waals surface area contributed by atoms with Crippen LogP contribution in [-0.4, -0.2) is 157 Å². The van der Waals surface area contributed by atoms with E-state index in [0.29, 0.717) is 25.9 Å². The van der Waals surface area contributed by atoms with Gasteiger partial charge in [0.15, 0.2) is 18.4 Å². The van der Waals surface area contributed by atoms with E-state index in [1.807, 2.05) is 6.92 Å². The molecule has 0 aromatic carbocycles. The molecule has 4 aliphatic heterocycles. The lowest BCUT2D eigenvalue weighted by atomic mass is 9.44. The zero-order valence-electron chi connectivity index (χ0n) is 31.7. The van der Waals surface area contributed by atoms with E-state index < -0.39 is 98.0 Å². The maximum atomic E-state index is 12.1. The molecular weight excluding hydrogens is 708 g/mol. The Labute approximate surface area is 315 Å². The summed E-state index contributed by atoms with van der Waals surface area (Å²) in [6.45, 7) is 8.14. The van der Waals surface area contributed by atoms with Gasteiger partial charge >= 0.3 is 0 Å². The fourth-order valence-corrected chi connectivity index (χ4v) is 14.4. The summed E-state index contributed by atoms with van der Waals surface area (Å²) in [6.07, 6.45) is -9.44. The van der Waals surface area contributed by atoms with Gasteiger partial charge in [0, 0.05) is 29.1 Å². The highest BCUT2D eigenvalue weighted by Crippen LogP contribution is 2.82. The first kappa shape index (κ1) is 38.9. The molecule has 9 fully saturated rings. The van der Waals surface area contributed by atoms with Crippen molar-refractivity contribution >= 4 is 0 Å². The Morgan fingerprint density at radius 1 is 0.722 bits per heavy atom. The van der Waals surface area contributed by atoms with Crippen molar-refractivity contribution in [1.29, 1.82) is 0 Å². The molecule has 0 bridgehead atoms. The van der Waals surface area contributed by atoms with Gasteiger partial charge in [-0.1, -0.05) is 27.7 Å². The molecule has 54 heavy (non-hydrogen) atoms. The van der Waals surface area contributed by atoms with Crippen molar-refractivity contribution in [3.63, 3.8) is 0 Å². The van der Waals surface area contributed by atoms with Crippen LogP contribution in [0.15, 0.2) is 0 Å². The Balaban J connectivity index is 0.933. The molecule has 4 heterocycles. The quantitative estimate of drug-likeness (QED) is 0.157. The van der Waals surface area contributed by atoms with Crippen LogP contribution in [0.2, 0.25) is 0 Å². The van der Waals surface area contributed by atoms with E-state index in [9.17, 15) is 46.0 Å². The van der Waals surface area contributed by atoms with Gasteiger partial charge in [-0.05, 0) is 73.5 Å². The standard InChI is InChI=1S/C39H62O15/c1-15-14-49-39(11-22(15)50-34-32(47)30(45)28(43)23(12-40)51-34)16(2)27-21(54-39)9-20-18-8-25(42)38-10-17(38)7-26(37(38,4)19(18)5-6-36(20,27)3)53-35-33(48)31(46)29(44)24(13-41)52-35/h15-35,40-48H,5-14H2,1-4H3/t15-,16?,17+,18-,19+,20+,21+,22+,23-,24-,25-,26-,27?,28-,29-,30+,31+,32-,33-,34-,35+,36+,37+,38+,39-/m1/s1. The van der Waals surface area contributed by atoms with Crippen LogP contribution < -0.4 is 0 Å². The van der Waals surface area contributed by atoms with Crippen LogP contribution in [-0.2, 0) is 28.4 Å². The number of ether oxygens (including phenoxy) is 6. The molecule has 9 rings (SSSR count). The molecule has 2 unspecified atom stereocenters. The Hall–Kier alpha value is -0.600. The second-order valence-corrected chi connectivity index (χ2v) is 19.3. The van der Waals surface area contributed by atoms with Gasteiger partial charge in [0.25, 0.3) is 0 Å². The molecule has 0 aromatic rings. The third kappa shape index (κ3) is 5.14. The fourth-order valence-electron chi connectivity index (χ4n) is 14.4. The smallest absolute Gasteiger partial charge is 0.186 e. The molecule has 4 saturated heterocycles. The third-order valence-corrected chi connectivity index (χ3v) is 17.3. The van der Waals surface area contributed by atoms with Crippen LogP contribution in [0, 0.1) is 57.7 Å². The van der Waals surface area contributed by atoms with Gasteiger partial charge in [0.2, 0.25) is 0 Å². The summed E-state index contributed by atoms with van der Waals surface area (Å²) in [7, 11) is 0. The minimum atomic E-state index is -1.53. The van der Waals surface area contributed by atoms with E-state index in [4.69, 9.17) is 28.4 Å². The average Bonchev–Trinajstić information content (AvgIpc) is 3.61. The summed E-state index contributed by atoms with van der Waals surface area (Å²) in [5.74, 6) is 0.203. The molecule has 2 spiro atoms. The SMILES string of the molecule is CC1C2[C@H](C[C@H]3[C@@H]4C[C@@H](O)[C@]56C[C@@H]5C[C@@H](O[C@@H]5O[C@H](CO)[C@@H](O)[C@H](O)[C@H]5O)[C@]6(C)[C@H]4CC[C@]23C)O[C@]12C[C@H](O[C@@H]1O[C@H](CO)[C@@H](O)[C@H](O)[C@H]1O)[C@H](C)CO2. The topological polar surface area (TPSA) is 237 Å². The Kier molecular flexibility index (Phi) is 9.51. The number of aliphatic hydroxyl groups is 9. The molecular formula is C39H62O15. The second kappa shape index (κ2) is 13.2. The number of hydrogen-bond acceptors (Lipinski definition) is 15. The highest BCUT2D eigenvalue weighted by atomic mass is 16.7. The number of aliphatic hydroxyl groups excluding tert-OH is 9. The van der Waals surface area contributed by atoms with E-state index >= 15 is 0 Å². The molecule has 0 radical (unpaired) electrons. The van der Waals surface area contributed by atoms with Crippen LogP contribution >= 0.6 is 0 Å². The number of rotatable bonds is 6. The molecule has 25 atom stereocenters. The van der Waals surface area contributed by atoms with E-state index in [-0.39, 0.29) is 64.5 Å². The maximum Gasteiger partial charge on any atom is 0.186 e. The van der Waals surface area contributed by atoms with Crippen LogP contribution in [0.5, 0.6) is 0 Å². The first-order valence-electron chi connectivity index (χ1n) is 20.5. The average molecular weight is 771 g/mol. The van der Waals surface area contributed by atoms with Crippen molar-refractivity contribution in [3.05, 3.63) is 0 Å². The second-order valence-electron chi connectivity index (χ2n) is 19.3. The van der Waals surface area contributed by atoms with E-state index in [0.717, 1.165) is 25.7 Å². The first-order chi connectivity index (χ1) is 25.6. The molecule has 0 aromatic heterocycles. The minimum absolute atomic E-state index is 0.000505. The van der Waals surface area contributed by atoms with Gasteiger partial charge in [-0.2, -0.15) is 0 Å². The van der Waals surface area contributed by atoms with Crippen molar-refractivity contribution in [2.75, 3.05) is 19.8 Å². The van der Waals surface area contributed by atoms with Crippen molar-refractivity contribution in [2.24, 2.45) is 57.7 Å². The predicted molar refractivity (Wildman–Crippen MR) is 184 cm³/mol. The van der Waals surface area contributed by atoms with Gasteiger partial charge in [0.05, 0.1) is 44.2 Å². The zero-order chi connectivity index (χ0) is 38.4. The van der Waals surface area contributed by atoms with E-state index in [2.05, 4.69) is 20.8 Å². The highest BCUT2D eigenvalue weighted by molar-refractivity contribution is 5.29. The summed E-state index contributed by atoms with van der Waals surface area (Å²) in [5.41, 5.74) is -0.792. The van der Waals surface area contributed by atoms with Crippen LogP contribution in [0.25, 0.3) is 0 Å². The summed E-state index contributed by atoms with van der Waals surface area (Å²) >= 11 is 0. The Morgan fingerprint density at radius 3 is 1.98 bits per heavy atom. The molecule has 9 N–H and O–H groups in total. The lowest BCUT2D eigenvalue weighted by Crippen LogP contribution is -2.63. The van der Waals surface area contributed by atoms with Crippen LogP contribution in [0.1, 0.15) is 72.6 Å².